The van der Waals surface area contributed by atoms with Gasteiger partial charge < -0.3 is 20.3 Å². The van der Waals surface area contributed by atoms with Crippen LogP contribution in [-0.2, 0) is 14.3 Å². The number of allylic oxidation sites excluding steroid dienone is 2. The smallest absolute Gasteiger partial charge is 0.306 e. The fourth-order valence-electron chi connectivity index (χ4n) is 8.13. The van der Waals surface area contributed by atoms with Crippen molar-refractivity contribution in [3.63, 3.8) is 0 Å². The van der Waals surface area contributed by atoms with Crippen LogP contribution >= 0.6 is 0 Å². The van der Waals surface area contributed by atoms with Crippen molar-refractivity contribution in [3.05, 3.63) is 12.2 Å². The quantitative estimate of drug-likeness (QED) is 0.0323. The molecule has 0 spiro atoms. The van der Waals surface area contributed by atoms with Crippen LogP contribution in [0.4, 0.5) is 0 Å². The van der Waals surface area contributed by atoms with Crippen LogP contribution < -0.4 is 5.32 Å². The molecular weight excluding hydrogens is 719 g/mol. The molecule has 0 rings (SSSR count). The van der Waals surface area contributed by atoms with Gasteiger partial charge in [-0.25, -0.2) is 0 Å². The van der Waals surface area contributed by atoms with Crippen molar-refractivity contribution in [2.75, 3.05) is 6.61 Å². The first-order chi connectivity index (χ1) is 28.5. The Morgan fingerprint density at radius 1 is 0.483 bits per heavy atom. The Hall–Kier alpha value is -1.40. The zero-order valence-electron chi connectivity index (χ0n) is 39.2. The van der Waals surface area contributed by atoms with Gasteiger partial charge in [-0.3, -0.25) is 9.59 Å². The lowest BCUT2D eigenvalue weighted by Gasteiger charge is -2.24. The summed E-state index contributed by atoms with van der Waals surface area (Å²) in [6.45, 7) is 6.48. The molecule has 3 N–H and O–H groups in total. The molecule has 0 radical (unpaired) electrons. The summed E-state index contributed by atoms with van der Waals surface area (Å²) >= 11 is 0. The van der Waals surface area contributed by atoms with E-state index >= 15 is 0 Å². The zero-order chi connectivity index (χ0) is 42.4. The van der Waals surface area contributed by atoms with Crippen LogP contribution in [0.2, 0.25) is 0 Å². The van der Waals surface area contributed by atoms with E-state index in [0.717, 1.165) is 51.4 Å². The highest BCUT2D eigenvalue weighted by molar-refractivity contribution is 5.77. The number of esters is 1. The van der Waals surface area contributed by atoms with Gasteiger partial charge in [-0.2, -0.15) is 0 Å². The summed E-state index contributed by atoms with van der Waals surface area (Å²) in [4.78, 5) is 26.1. The van der Waals surface area contributed by atoms with Crippen LogP contribution in [-0.4, -0.2) is 46.9 Å². The number of unbranched alkanes of at least 4 members (excludes halogenated alkanes) is 33. The number of hydrogen-bond acceptors (Lipinski definition) is 5. The van der Waals surface area contributed by atoms with E-state index in [2.05, 4.69) is 38.2 Å². The molecule has 1 amide bonds. The molecule has 58 heavy (non-hydrogen) atoms. The van der Waals surface area contributed by atoms with E-state index in [0.29, 0.717) is 19.3 Å². The molecule has 0 aromatic heterocycles. The van der Waals surface area contributed by atoms with Gasteiger partial charge >= 0.3 is 5.97 Å². The van der Waals surface area contributed by atoms with E-state index in [1.807, 2.05) is 0 Å². The second kappa shape index (κ2) is 46.7. The van der Waals surface area contributed by atoms with Gasteiger partial charge in [0.2, 0.25) is 5.91 Å². The Kier molecular flexibility index (Phi) is 45.5. The van der Waals surface area contributed by atoms with Crippen molar-refractivity contribution in [2.45, 2.75) is 302 Å². The summed E-state index contributed by atoms with van der Waals surface area (Å²) in [5.41, 5.74) is 0. The van der Waals surface area contributed by atoms with Gasteiger partial charge in [0.05, 0.1) is 25.2 Å². The Balaban J connectivity index is 4.50. The van der Waals surface area contributed by atoms with E-state index < -0.39 is 18.2 Å². The molecule has 0 fully saturated rings. The fourth-order valence-corrected chi connectivity index (χ4v) is 8.13. The lowest BCUT2D eigenvalue weighted by Crippen LogP contribution is -2.46. The number of nitrogens with one attached hydrogen (secondary N) is 1. The molecule has 0 aliphatic carbocycles. The lowest BCUT2D eigenvalue weighted by molar-refractivity contribution is -0.151. The molecule has 3 atom stereocenters. The third-order valence-electron chi connectivity index (χ3n) is 12.1. The Bertz CT molecular complexity index is 878. The number of aliphatic hydroxyl groups is 2. The van der Waals surface area contributed by atoms with Crippen LogP contribution in [0.15, 0.2) is 12.2 Å². The van der Waals surface area contributed by atoms with Crippen molar-refractivity contribution >= 4 is 11.9 Å². The second-order valence-corrected chi connectivity index (χ2v) is 17.9. The summed E-state index contributed by atoms with van der Waals surface area (Å²) < 4.78 is 5.92. The fraction of sp³-hybridized carbons (Fsp3) is 0.923. The minimum Gasteiger partial charge on any atom is -0.462 e. The van der Waals surface area contributed by atoms with Crippen LogP contribution in [0.1, 0.15) is 284 Å². The highest BCUT2D eigenvalue weighted by atomic mass is 16.5. The van der Waals surface area contributed by atoms with Crippen molar-refractivity contribution in [2.24, 2.45) is 0 Å². The van der Waals surface area contributed by atoms with Gasteiger partial charge in [0.15, 0.2) is 0 Å². The molecule has 0 aromatic rings. The van der Waals surface area contributed by atoms with Gasteiger partial charge in [-0.15, -0.1) is 0 Å². The molecule has 0 saturated carbocycles. The minimum atomic E-state index is -0.782. The molecule has 3 unspecified atom stereocenters. The standard InChI is InChI=1S/C52H101NO5/c1-4-7-10-13-16-19-21-23-24-25-26-28-29-32-34-37-40-43-48(58-52(57)45-42-39-36-31-18-15-12-9-6-3)46-51(56)53-49(47-54)50(55)44-41-38-35-33-30-27-22-20-17-14-11-8-5-2/h23-24,48-50,54-55H,4-22,25-47H2,1-3H3,(H,53,56)/b24-23+. The van der Waals surface area contributed by atoms with E-state index in [1.54, 1.807) is 0 Å². The third-order valence-corrected chi connectivity index (χ3v) is 12.1. The molecule has 0 bridgehead atoms. The molecule has 0 aromatic carbocycles. The summed E-state index contributed by atoms with van der Waals surface area (Å²) in [5.74, 6) is -0.465. The molecular formula is C52H101NO5. The van der Waals surface area contributed by atoms with Crippen LogP contribution in [0, 0.1) is 0 Å². The molecule has 0 saturated heterocycles. The van der Waals surface area contributed by atoms with Crippen LogP contribution in [0.25, 0.3) is 0 Å². The average Bonchev–Trinajstić information content (AvgIpc) is 3.22. The number of aliphatic hydroxyl groups excluding tert-OH is 2. The Labute approximate surface area is 361 Å². The van der Waals surface area contributed by atoms with Gasteiger partial charge in [-0.1, -0.05) is 232 Å². The maximum absolute atomic E-state index is 13.2. The van der Waals surface area contributed by atoms with E-state index in [9.17, 15) is 19.8 Å². The van der Waals surface area contributed by atoms with E-state index in [-0.39, 0.29) is 24.9 Å². The lowest BCUT2D eigenvalue weighted by atomic mass is 10.0. The van der Waals surface area contributed by atoms with Crippen molar-refractivity contribution in [1.29, 1.82) is 0 Å². The van der Waals surface area contributed by atoms with Crippen molar-refractivity contribution in [3.8, 4) is 0 Å². The van der Waals surface area contributed by atoms with Crippen LogP contribution in [0.3, 0.4) is 0 Å². The normalized spacial score (nSPS) is 13.3. The van der Waals surface area contributed by atoms with E-state index in [1.165, 1.54) is 186 Å². The number of ether oxygens (including phenoxy) is 1. The molecule has 0 aliphatic heterocycles. The largest absolute Gasteiger partial charge is 0.462 e. The molecule has 6 nitrogen and oxygen atoms in total. The highest BCUT2D eigenvalue weighted by Gasteiger charge is 2.24. The predicted octanol–water partition coefficient (Wildman–Crippen LogP) is 15.3. The number of hydrogen-bond donors (Lipinski definition) is 3. The number of amides is 1. The zero-order valence-corrected chi connectivity index (χ0v) is 39.2. The number of carbonyl (C=O) groups excluding carboxylic acids is 2. The van der Waals surface area contributed by atoms with Crippen molar-refractivity contribution < 1.29 is 24.5 Å². The Morgan fingerprint density at radius 3 is 1.22 bits per heavy atom. The Morgan fingerprint density at radius 2 is 0.828 bits per heavy atom. The summed E-state index contributed by atoms with van der Waals surface area (Å²) in [7, 11) is 0. The second-order valence-electron chi connectivity index (χ2n) is 17.9. The van der Waals surface area contributed by atoms with Gasteiger partial charge in [0.25, 0.3) is 0 Å². The number of rotatable bonds is 47. The first-order valence-electron chi connectivity index (χ1n) is 25.9. The van der Waals surface area contributed by atoms with Gasteiger partial charge in [0, 0.05) is 6.42 Å². The summed E-state index contributed by atoms with van der Waals surface area (Å²) in [6.07, 6.45) is 51.3. The molecule has 0 heterocycles. The topological polar surface area (TPSA) is 95.9 Å². The maximum Gasteiger partial charge on any atom is 0.306 e. The monoisotopic (exact) mass is 820 g/mol. The predicted molar refractivity (Wildman–Crippen MR) is 250 cm³/mol. The summed E-state index contributed by atoms with van der Waals surface area (Å²) in [6, 6.07) is -0.695. The van der Waals surface area contributed by atoms with Crippen LogP contribution in [0.5, 0.6) is 0 Å². The minimum absolute atomic E-state index is 0.0812. The molecule has 0 aliphatic rings. The van der Waals surface area contributed by atoms with E-state index in [4.69, 9.17) is 4.74 Å². The van der Waals surface area contributed by atoms with Gasteiger partial charge in [0.1, 0.15) is 6.10 Å². The number of carbonyl (C=O) groups is 2. The summed E-state index contributed by atoms with van der Waals surface area (Å²) in [5, 5.41) is 23.7. The van der Waals surface area contributed by atoms with Crippen molar-refractivity contribution in [1.82, 2.24) is 5.32 Å². The maximum atomic E-state index is 13.2. The SMILES string of the molecule is CCCCCCCC/C=C/CCCCCCCCCC(CC(=O)NC(CO)C(O)CCCCCCCCCCCCCCC)OC(=O)CCCCCCCCCCC. The third kappa shape index (κ3) is 41.3. The molecule has 344 valence electrons. The first kappa shape index (κ1) is 56.6. The molecule has 6 heteroatoms. The highest BCUT2D eigenvalue weighted by Crippen LogP contribution is 2.18. The van der Waals surface area contributed by atoms with Gasteiger partial charge in [-0.05, 0) is 51.4 Å². The average molecular weight is 820 g/mol. The first-order valence-corrected chi connectivity index (χ1v) is 25.9.